The first-order chi connectivity index (χ1) is 7.27. The third-order valence-electron chi connectivity index (χ3n) is 2.88. The molecule has 0 spiro atoms. The largest absolute Gasteiger partial charge is 0.310 e. The van der Waals surface area contributed by atoms with E-state index in [0.717, 1.165) is 12.6 Å². The van der Waals surface area contributed by atoms with E-state index >= 15 is 0 Å². The fourth-order valence-electron chi connectivity index (χ4n) is 1.55. The second-order valence-electron chi connectivity index (χ2n) is 4.01. The van der Waals surface area contributed by atoms with E-state index in [1.807, 2.05) is 13.8 Å². The van der Waals surface area contributed by atoms with E-state index in [0.29, 0.717) is 0 Å². The molecular formula is C14H23N. The maximum absolute atomic E-state index is 3.54. The summed E-state index contributed by atoms with van der Waals surface area (Å²) >= 11 is 0. The Hall–Kier alpha value is -0.820. The van der Waals surface area contributed by atoms with Crippen LogP contribution >= 0.6 is 0 Å². The highest BCUT2D eigenvalue weighted by atomic mass is 14.9. The van der Waals surface area contributed by atoms with E-state index in [-0.39, 0.29) is 0 Å². The first kappa shape index (κ1) is 12.3. The van der Waals surface area contributed by atoms with Crippen molar-refractivity contribution in [2.75, 3.05) is 0 Å². The summed E-state index contributed by atoms with van der Waals surface area (Å²) in [5, 5.41) is 3.54. The molecule has 1 aromatic rings. The van der Waals surface area contributed by atoms with Gasteiger partial charge >= 0.3 is 0 Å². The van der Waals surface area contributed by atoms with Crippen LogP contribution in [0.4, 0.5) is 0 Å². The molecule has 0 bridgehead atoms. The van der Waals surface area contributed by atoms with Crippen molar-refractivity contribution in [3.63, 3.8) is 0 Å². The Kier molecular flexibility index (Phi) is 4.83. The Morgan fingerprint density at radius 1 is 1.20 bits per heavy atom. The predicted octanol–water partition coefficient (Wildman–Crippen LogP) is 3.58. The highest BCUT2D eigenvalue weighted by Crippen LogP contribution is 2.20. The summed E-state index contributed by atoms with van der Waals surface area (Å²) in [5.74, 6) is 0. The van der Waals surface area contributed by atoms with Gasteiger partial charge in [-0.2, -0.15) is 0 Å². The molecule has 1 aliphatic carbocycles. The van der Waals surface area contributed by atoms with Crippen LogP contribution in [0.25, 0.3) is 0 Å². The lowest BCUT2D eigenvalue weighted by Crippen LogP contribution is -2.16. The zero-order chi connectivity index (χ0) is 11.3. The van der Waals surface area contributed by atoms with Crippen molar-refractivity contribution in [1.29, 1.82) is 0 Å². The van der Waals surface area contributed by atoms with Gasteiger partial charge in [-0.3, -0.25) is 0 Å². The smallest absolute Gasteiger partial charge is 0.0210 e. The van der Waals surface area contributed by atoms with E-state index in [1.165, 1.54) is 29.5 Å². The van der Waals surface area contributed by atoms with E-state index in [9.17, 15) is 0 Å². The third kappa shape index (κ3) is 3.67. The molecule has 2 rings (SSSR count). The number of nitrogens with one attached hydrogen (secondary N) is 1. The molecule has 0 aromatic heterocycles. The van der Waals surface area contributed by atoms with Crippen LogP contribution < -0.4 is 5.32 Å². The molecule has 0 heterocycles. The van der Waals surface area contributed by atoms with Crippen LogP contribution in [-0.4, -0.2) is 6.04 Å². The molecule has 1 aromatic carbocycles. The zero-order valence-corrected chi connectivity index (χ0v) is 10.4. The van der Waals surface area contributed by atoms with Crippen LogP contribution in [0.3, 0.4) is 0 Å². The molecule has 0 radical (unpaired) electrons. The van der Waals surface area contributed by atoms with Crippen LogP contribution in [0.1, 0.15) is 43.4 Å². The van der Waals surface area contributed by atoms with Crippen LogP contribution in [0, 0.1) is 13.8 Å². The molecule has 0 saturated heterocycles. The van der Waals surface area contributed by atoms with Crippen molar-refractivity contribution in [2.24, 2.45) is 0 Å². The summed E-state index contributed by atoms with van der Waals surface area (Å²) in [6.45, 7) is 9.42. The Morgan fingerprint density at radius 2 is 1.87 bits per heavy atom. The Bertz CT molecular complexity index is 300. The van der Waals surface area contributed by atoms with Crippen molar-refractivity contribution < 1.29 is 0 Å². The van der Waals surface area contributed by atoms with E-state index < -0.39 is 0 Å². The number of aryl methyl sites for hydroxylation is 1. The molecule has 15 heavy (non-hydrogen) atoms. The van der Waals surface area contributed by atoms with E-state index in [1.54, 1.807) is 0 Å². The van der Waals surface area contributed by atoms with Gasteiger partial charge < -0.3 is 5.32 Å². The van der Waals surface area contributed by atoms with Gasteiger partial charge in [0.25, 0.3) is 0 Å². The van der Waals surface area contributed by atoms with Crippen LogP contribution in [0.2, 0.25) is 0 Å². The summed E-state index contributed by atoms with van der Waals surface area (Å²) < 4.78 is 0. The van der Waals surface area contributed by atoms with Crippen molar-refractivity contribution >= 4 is 0 Å². The zero-order valence-electron chi connectivity index (χ0n) is 10.4. The van der Waals surface area contributed by atoms with E-state index in [4.69, 9.17) is 0 Å². The summed E-state index contributed by atoms with van der Waals surface area (Å²) in [5.41, 5.74) is 4.29. The highest BCUT2D eigenvalue weighted by molar-refractivity contribution is 5.33. The first-order valence-electron chi connectivity index (χ1n) is 6.06. The summed E-state index contributed by atoms with van der Waals surface area (Å²) in [4.78, 5) is 0. The van der Waals surface area contributed by atoms with Crippen molar-refractivity contribution in [2.45, 2.75) is 53.1 Å². The monoisotopic (exact) mass is 205 g/mol. The number of rotatable bonds is 3. The minimum atomic E-state index is 0.805. The molecule has 0 atom stereocenters. The lowest BCUT2D eigenvalue weighted by molar-refractivity contribution is 0.684. The maximum atomic E-state index is 3.54. The summed E-state index contributed by atoms with van der Waals surface area (Å²) in [6.07, 6.45) is 2.73. The Balaban J connectivity index is 0.000000531. The fraction of sp³-hybridized carbons (Fsp3) is 0.571. The molecule has 0 amide bonds. The second-order valence-corrected chi connectivity index (χ2v) is 4.01. The van der Waals surface area contributed by atoms with Gasteiger partial charge in [0.2, 0.25) is 0 Å². The topological polar surface area (TPSA) is 12.0 Å². The molecule has 1 nitrogen and oxygen atoms in total. The molecule has 84 valence electrons. The molecule has 0 aliphatic heterocycles. The molecule has 1 fully saturated rings. The molecule has 1 N–H and O–H groups in total. The van der Waals surface area contributed by atoms with Gasteiger partial charge in [0.15, 0.2) is 0 Å². The second kappa shape index (κ2) is 5.92. The number of hydrogen-bond acceptors (Lipinski definition) is 1. The van der Waals surface area contributed by atoms with Crippen LogP contribution in [-0.2, 0) is 6.54 Å². The molecular weight excluding hydrogens is 182 g/mol. The fourth-order valence-corrected chi connectivity index (χ4v) is 1.55. The van der Waals surface area contributed by atoms with Crippen molar-refractivity contribution in [3.05, 3.63) is 34.9 Å². The number of hydrogen-bond donors (Lipinski definition) is 1. The lowest BCUT2D eigenvalue weighted by atomic mass is 10.0. The van der Waals surface area contributed by atoms with Crippen LogP contribution in [0.5, 0.6) is 0 Å². The highest BCUT2D eigenvalue weighted by Gasteiger charge is 2.20. The summed E-state index contributed by atoms with van der Waals surface area (Å²) in [6, 6.07) is 7.35. The van der Waals surface area contributed by atoms with Gasteiger partial charge in [-0.15, -0.1) is 0 Å². The molecule has 1 aliphatic rings. The van der Waals surface area contributed by atoms with Gasteiger partial charge in [0, 0.05) is 12.6 Å². The summed E-state index contributed by atoms with van der Waals surface area (Å²) in [7, 11) is 0. The van der Waals surface area contributed by atoms with Crippen LogP contribution in [0.15, 0.2) is 18.2 Å². The minimum Gasteiger partial charge on any atom is -0.310 e. The predicted molar refractivity (Wildman–Crippen MR) is 67.1 cm³/mol. The van der Waals surface area contributed by atoms with E-state index in [2.05, 4.69) is 37.4 Å². The van der Waals surface area contributed by atoms with Crippen molar-refractivity contribution in [1.82, 2.24) is 5.32 Å². The van der Waals surface area contributed by atoms with Gasteiger partial charge in [0.1, 0.15) is 0 Å². The normalized spacial score (nSPS) is 14.4. The molecule has 0 unspecified atom stereocenters. The van der Waals surface area contributed by atoms with Gasteiger partial charge in [-0.1, -0.05) is 32.0 Å². The van der Waals surface area contributed by atoms with Gasteiger partial charge in [0.05, 0.1) is 0 Å². The third-order valence-corrected chi connectivity index (χ3v) is 2.88. The first-order valence-corrected chi connectivity index (χ1v) is 6.06. The average Bonchev–Trinajstić information content (AvgIpc) is 3.07. The van der Waals surface area contributed by atoms with Crippen molar-refractivity contribution in [3.8, 4) is 0 Å². The molecule has 1 heteroatoms. The molecule has 1 saturated carbocycles. The SMILES string of the molecule is CC.Cc1cccc(CNC2CC2)c1C. The quantitative estimate of drug-likeness (QED) is 0.795. The average molecular weight is 205 g/mol. The Morgan fingerprint density at radius 3 is 2.47 bits per heavy atom. The lowest BCUT2D eigenvalue weighted by Gasteiger charge is -2.08. The van der Waals surface area contributed by atoms with Gasteiger partial charge in [-0.05, 0) is 43.4 Å². The Labute approximate surface area is 93.9 Å². The minimum absolute atomic E-state index is 0.805. The number of benzene rings is 1. The van der Waals surface area contributed by atoms with Gasteiger partial charge in [-0.25, -0.2) is 0 Å². The standard InChI is InChI=1S/C12H17N.C2H6/c1-9-4-3-5-11(10(9)2)8-13-12-6-7-12;1-2/h3-5,12-13H,6-8H2,1-2H3;1-2H3. The maximum Gasteiger partial charge on any atom is 0.0210 e.